The van der Waals surface area contributed by atoms with E-state index in [-0.39, 0.29) is 27.6 Å². The van der Waals surface area contributed by atoms with Crippen LogP contribution in [0.3, 0.4) is 0 Å². The molecule has 30 heavy (non-hydrogen) atoms. The zero-order valence-electron chi connectivity index (χ0n) is 14.8. The summed E-state index contributed by atoms with van der Waals surface area (Å²) in [5.74, 6) is -5.01. The van der Waals surface area contributed by atoms with Gasteiger partial charge in [0, 0.05) is 0 Å². The topological polar surface area (TPSA) is 137 Å². The van der Waals surface area contributed by atoms with Gasteiger partial charge >= 0.3 is 5.97 Å². The fraction of sp³-hybridized carbons (Fsp3) is 0.0556. The highest BCUT2D eigenvalue weighted by Crippen LogP contribution is 2.25. The van der Waals surface area contributed by atoms with E-state index in [2.05, 4.69) is 14.7 Å². The predicted octanol–water partition coefficient (Wildman–Crippen LogP) is 1.55. The molecule has 3 aromatic rings. The lowest BCUT2D eigenvalue weighted by molar-refractivity contribution is -0.0584. The van der Waals surface area contributed by atoms with Gasteiger partial charge in [-0.3, -0.25) is 9.59 Å². The molecule has 0 spiro atoms. The van der Waals surface area contributed by atoms with E-state index < -0.39 is 44.1 Å². The molecule has 152 valence electrons. The maximum atomic E-state index is 14.2. The average Bonchev–Trinajstić information content (AvgIpc) is 3.30. The molecule has 0 aliphatic carbocycles. The van der Waals surface area contributed by atoms with Crippen molar-refractivity contribution in [1.82, 2.24) is 15.2 Å². The van der Waals surface area contributed by atoms with Gasteiger partial charge in [0.2, 0.25) is 6.39 Å². The second-order valence-electron chi connectivity index (χ2n) is 6.08. The van der Waals surface area contributed by atoms with E-state index in [9.17, 15) is 27.2 Å². The molecule has 0 radical (unpaired) electrons. The smallest absolute Gasteiger partial charge is 0.343 e. The number of hydroxylamine groups is 2. The van der Waals surface area contributed by atoms with Crippen LogP contribution in [0.2, 0.25) is 0 Å². The summed E-state index contributed by atoms with van der Waals surface area (Å²) < 4.78 is 43.5. The lowest BCUT2D eigenvalue weighted by atomic mass is 10.1. The van der Waals surface area contributed by atoms with Gasteiger partial charge in [0.05, 0.1) is 16.7 Å². The zero-order chi connectivity index (χ0) is 21.5. The van der Waals surface area contributed by atoms with E-state index in [0.717, 1.165) is 24.6 Å². The normalized spacial score (nSPS) is 13.4. The number of imide groups is 1. The maximum Gasteiger partial charge on any atom is 0.363 e. The Labute approximate surface area is 167 Å². The molecule has 0 N–H and O–H groups in total. The Balaban J connectivity index is 1.60. The fourth-order valence-electron chi connectivity index (χ4n) is 2.76. The standard InChI is InChI=1S/C18H10FN3O7S/c19-13-6-5-10(7-14(13)30(26,27)8-15-20-9-28-21-15)18(25)29-22-16(23)11-3-1-2-4-12(11)17(22)24/h1-7,9H,8H2. The first kappa shape index (κ1) is 19.4. The molecule has 0 saturated heterocycles. The predicted molar refractivity (Wildman–Crippen MR) is 93.9 cm³/mol. The minimum absolute atomic E-state index is 0.0535. The number of amides is 2. The van der Waals surface area contributed by atoms with Crippen molar-refractivity contribution in [2.24, 2.45) is 0 Å². The third-order valence-corrected chi connectivity index (χ3v) is 5.78. The van der Waals surface area contributed by atoms with Crippen molar-refractivity contribution < 1.29 is 36.6 Å². The molecule has 0 fully saturated rings. The number of nitrogens with zero attached hydrogens (tertiary/aromatic N) is 3. The molecule has 0 unspecified atom stereocenters. The molecule has 12 heteroatoms. The van der Waals surface area contributed by atoms with E-state index >= 15 is 0 Å². The second kappa shape index (κ2) is 7.15. The van der Waals surface area contributed by atoms with Crippen molar-refractivity contribution in [3.8, 4) is 0 Å². The van der Waals surface area contributed by atoms with Gasteiger partial charge in [-0.1, -0.05) is 22.4 Å². The number of benzene rings is 2. The quantitative estimate of drug-likeness (QED) is 0.551. The van der Waals surface area contributed by atoms with Crippen LogP contribution < -0.4 is 0 Å². The number of carbonyl (C=O) groups is 3. The molecule has 2 heterocycles. The first-order valence-electron chi connectivity index (χ1n) is 8.25. The number of rotatable bonds is 5. The zero-order valence-corrected chi connectivity index (χ0v) is 15.6. The molecule has 4 rings (SSSR count). The van der Waals surface area contributed by atoms with E-state index in [1.807, 2.05) is 0 Å². The number of aromatic nitrogens is 2. The highest BCUT2D eigenvalue weighted by molar-refractivity contribution is 7.90. The Bertz CT molecular complexity index is 1250. The van der Waals surface area contributed by atoms with Gasteiger partial charge in [-0.25, -0.2) is 17.6 Å². The summed E-state index contributed by atoms with van der Waals surface area (Å²) in [6.07, 6.45) is 0.914. The molecule has 2 amide bonds. The molecule has 1 aromatic heterocycles. The van der Waals surface area contributed by atoms with Crippen molar-refractivity contribution in [2.45, 2.75) is 10.6 Å². The monoisotopic (exact) mass is 431 g/mol. The number of halogens is 1. The third-order valence-electron chi connectivity index (χ3n) is 4.16. The molecular formula is C18H10FN3O7S. The van der Waals surface area contributed by atoms with Crippen molar-refractivity contribution in [1.29, 1.82) is 0 Å². The van der Waals surface area contributed by atoms with Crippen LogP contribution in [0.1, 0.15) is 36.9 Å². The summed E-state index contributed by atoms with van der Waals surface area (Å²) in [5.41, 5.74) is -0.282. The van der Waals surface area contributed by atoms with Gasteiger partial charge in [0.1, 0.15) is 16.5 Å². The largest absolute Gasteiger partial charge is 0.363 e. The van der Waals surface area contributed by atoms with Gasteiger partial charge in [-0.05, 0) is 30.3 Å². The van der Waals surface area contributed by atoms with Crippen LogP contribution in [-0.2, 0) is 20.4 Å². The van der Waals surface area contributed by atoms with Gasteiger partial charge in [0.15, 0.2) is 15.7 Å². The first-order valence-corrected chi connectivity index (χ1v) is 9.91. The number of hydrogen-bond acceptors (Lipinski definition) is 9. The maximum absolute atomic E-state index is 14.2. The Morgan fingerprint density at radius 3 is 2.37 bits per heavy atom. The average molecular weight is 431 g/mol. The van der Waals surface area contributed by atoms with Crippen LogP contribution in [-0.4, -0.2) is 41.4 Å². The lowest BCUT2D eigenvalue weighted by Gasteiger charge is -2.13. The summed E-state index contributed by atoms with van der Waals surface area (Å²) in [4.78, 5) is 44.6. The SMILES string of the molecule is O=C(ON1C(=O)c2ccccc2C1=O)c1ccc(F)c(S(=O)(=O)Cc2ncon2)c1. The van der Waals surface area contributed by atoms with Gasteiger partial charge in [-0.15, -0.1) is 0 Å². The number of sulfone groups is 1. The van der Waals surface area contributed by atoms with Crippen LogP contribution in [0.15, 0.2) is 58.3 Å². The number of carbonyl (C=O) groups excluding carboxylic acids is 3. The molecule has 0 bridgehead atoms. The van der Waals surface area contributed by atoms with Crippen LogP contribution in [0.5, 0.6) is 0 Å². The van der Waals surface area contributed by atoms with Gasteiger partial charge in [0.25, 0.3) is 11.8 Å². The van der Waals surface area contributed by atoms with Crippen LogP contribution in [0.25, 0.3) is 0 Å². The number of fused-ring (bicyclic) bond motifs is 1. The van der Waals surface area contributed by atoms with Crippen molar-refractivity contribution in [3.63, 3.8) is 0 Å². The first-order chi connectivity index (χ1) is 14.3. The molecule has 1 aliphatic rings. The lowest BCUT2D eigenvalue weighted by Crippen LogP contribution is -2.32. The van der Waals surface area contributed by atoms with E-state index in [1.54, 1.807) is 0 Å². The summed E-state index contributed by atoms with van der Waals surface area (Å²) in [6, 6.07) is 8.32. The Morgan fingerprint density at radius 2 is 1.77 bits per heavy atom. The summed E-state index contributed by atoms with van der Waals surface area (Å²) in [5, 5.41) is 3.63. The Hall–Kier alpha value is -3.93. The van der Waals surface area contributed by atoms with Crippen molar-refractivity contribution in [2.75, 3.05) is 0 Å². The molecule has 1 aliphatic heterocycles. The molecule has 0 atom stereocenters. The van der Waals surface area contributed by atoms with Crippen LogP contribution in [0.4, 0.5) is 4.39 Å². The summed E-state index contributed by atoms with van der Waals surface area (Å²) in [6.45, 7) is 0. The van der Waals surface area contributed by atoms with Crippen LogP contribution >= 0.6 is 0 Å². The van der Waals surface area contributed by atoms with Crippen molar-refractivity contribution in [3.05, 3.63) is 77.2 Å². The Kier molecular flexibility index (Phi) is 4.62. The summed E-state index contributed by atoms with van der Waals surface area (Å²) >= 11 is 0. The summed E-state index contributed by atoms with van der Waals surface area (Å²) in [7, 11) is -4.28. The number of hydrogen-bond donors (Lipinski definition) is 0. The molecular weight excluding hydrogens is 421 g/mol. The van der Waals surface area contributed by atoms with Crippen LogP contribution in [0, 0.1) is 5.82 Å². The van der Waals surface area contributed by atoms with Crippen molar-refractivity contribution >= 4 is 27.6 Å². The van der Waals surface area contributed by atoms with Gasteiger partial charge in [-0.2, -0.15) is 4.98 Å². The van der Waals surface area contributed by atoms with Gasteiger partial charge < -0.3 is 9.36 Å². The van der Waals surface area contributed by atoms with E-state index in [4.69, 9.17) is 4.84 Å². The molecule has 10 nitrogen and oxygen atoms in total. The van der Waals surface area contributed by atoms with E-state index in [1.165, 1.54) is 24.3 Å². The Morgan fingerprint density at radius 1 is 1.10 bits per heavy atom. The third kappa shape index (κ3) is 3.33. The molecule has 0 saturated carbocycles. The van der Waals surface area contributed by atoms with E-state index in [0.29, 0.717) is 0 Å². The minimum atomic E-state index is -4.28. The minimum Gasteiger partial charge on any atom is -0.343 e. The highest BCUT2D eigenvalue weighted by atomic mass is 32.2. The fourth-order valence-corrected chi connectivity index (χ4v) is 4.05. The highest BCUT2D eigenvalue weighted by Gasteiger charge is 2.39. The second-order valence-corrected chi connectivity index (χ2v) is 8.04. The molecule has 2 aromatic carbocycles.